The summed E-state index contributed by atoms with van der Waals surface area (Å²) in [5, 5.41) is 7.95. The van der Waals surface area contributed by atoms with Crippen LogP contribution < -0.4 is 0 Å². The molecule has 164 valence electrons. The third kappa shape index (κ3) is 4.69. The number of amides is 1. The van der Waals surface area contributed by atoms with E-state index in [9.17, 15) is 18.0 Å². The van der Waals surface area contributed by atoms with Crippen molar-refractivity contribution in [3.05, 3.63) is 35.4 Å². The molecule has 7 nitrogen and oxygen atoms in total. The van der Waals surface area contributed by atoms with Gasteiger partial charge in [-0.1, -0.05) is 6.92 Å². The number of hydrogen-bond acceptors (Lipinski definition) is 4. The molecular formula is C20H27F3N6O. The van der Waals surface area contributed by atoms with Gasteiger partial charge in [0.05, 0.1) is 18.7 Å². The van der Waals surface area contributed by atoms with Gasteiger partial charge in [-0.15, -0.1) is 0 Å². The Balaban J connectivity index is 1.34. The van der Waals surface area contributed by atoms with Gasteiger partial charge in [0.25, 0.3) is 0 Å². The lowest BCUT2D eigenvalue weighted by Gasteiger charge is -2.35. The van der Waals surface area contributed by atoms with E-state index in [0.29, 0.717) is 18.8 Å². The number of alkyl halides is 3. The van der Waals surface area contributed by atoms with Gasteiger partial charge in [-0.3, -0.25) is 19.1 Å². The quantitative estimate of drug-likeness (QED) is 0.715. The van der Waals surface area contributed by atoms with Crippen molar-refractivity contribution in [2.45, 2.75) is 44.9 Å². The maximum atomic E-state index is 13.1. The lowest BCUT2D eigenvalue weighted by molar-refractivity contribution is -0.141. The number of carbonyl (C=O) groups is 1. The van der Waals surface area contributed by atoms with Gasteiger partial charge in [0.15, 0.2) is 5.69 Å². The SMILES string of the molecule is CC(Cn1nc(C(F)(F)F)cc1C1CC1)C(=O)N1CCN(Cc2cnn(C)c2)CC1. The molecule has 0 bridgehead atoms. The second-order valence-electron chi connectivity index (χ2n) is 8.43. The molecule has 1 saturated heterocycles. The molecule has 3 heterocycles. The molecule has 1 aliphatic carbocycles. The molecular weight excluding hydrogens is 397 g/mol. The molecule has 1 unspecified atom stereocenters. The molecule has 2 aromatic heterocycles. The highest BCUT2D eigenvalue weighted by atomic mass is 19.4. The van der Waals surface area contributed by atoms with Crippen LogP contribution in [-0.2, 0) is 31.1 Å². The van der Waals surface area contributed by atoms with Gasteiger partial charge in [-0.05, 0) is 18.9 Å². The topological polar surface area (TPSA) is 59.2 Å². The molecule has 1 aliphatic heterocycles. The van der Waals surface area contributed by atoms with E-state index in [4.69, 9.17) is 0 Å². The minimum absolute atomic E-state index is 0.0261. The Morgan fingerprint density at radius 2 is 1.93 bits per heavy atom. The van der Waals surface area contributed by atoms with Gasteiger partial charge in [0.1, 0.15) is 0 Å². The van der Waals surface area contributed by atoms with Crippen LogP contribution in [0, 0.1) is 5.92 Å². The lowest BCUT2D eigenvalue weighted by atomic mass is 10.1. The van der Waals surface area contributed by atoms with Crippen molar-refractivity contribution in [3.8, 4) is 0 Å². The molecule has 0 N–H and O–H groups in total. The van der Waals surface area contributed by atoms with Crippen molar-refractivity contribution >= 4 is 5.91 Å². The van der Waals surface area contributed by atoms with E-state index in [0.717, 1.165) is 44.1 Å². The first kappa shape index (κ1) is 20.9. The molecule has 0 spiro atoms. The van der Waals surface area contributed by atoms with Gasteiger partial charge in [-0.2, -0.15) is 23.4 Å². The summed E-state index contributed by atoms with van der Waals surface area (Å²) in [6, 6.07) is 1.14. The third-order valence-corrected chi connectivity index (χ3v) is 5.81. The zero-order chi connectivity index (χ0) is 21.5. The Labute approximate surface area is 173 Å². The Hall–Kier alpha value is -2.36. The minimum Gasteiger partial charge on any atom is -0.340 e. The second-order valence-corrected chi connectivity index (χ2v) is 8.43. The average molecular weight is 424 g/mol. The Morgan fingerprint density at radius 3 is 2.50 bits per heavy atom. The molecule has 10 heteroatoms. The number of aryl methyl sites for hydroxylation is 1. The smallest absolute Gasteiger partial charge is 0.340 e. The van der Waals surface area contributed by atoms with Crippen LogP contribution in [-0.4, -0.2) is 61.4 Å². The van der Waals surface area contributed by atoms with Gasteiger partial charge >= 0.3 is 6.18 Å². The number of hydrogen-bond donors (Lipinski definition) is 0. The summed E-state index contributed by atoms with van der Waals surface area (Å²) < 4.78 is 42.4. The summed E-state index contributed by atoms with van der Waals surface area (Å²) >= 11 is 0. The Morgan fingerprint density at radius 1 is 1.23 bits per heavy atom. The molecule has 4 rings (SSSR count). The summed E-state index contributed by atoms with van der Waals surface area (Å²) in [5.74, 6) is -0.317. The standard InChI is InChI=1S/C20H27F3N6O/c1-14(11-29-17(16-3-4-16)9-18(25-29)20(21,22)23)19(30)28-7-5-27(6-8-28)13-15-10-24-26(2)12-15/h9-10,12,14,16H,3-8,11,13H2,1-2H3. The molecule has 2 aliphatic rings. The first-order chi connectivity index (χ1) is 14.2. The summed E-state index contributed by atoms with van der Waals surface area (Å²) in [6.45, 7) is 5.51. The van der Waals surface area contributed by atoms with Crippen LogP contribution in [0.5, 0.6) is 0 Å². The van der Waals surface area contributed by atoms with Crippen LogP contribution in [0.25, 0.3) is 0 Å². The van der Waals surface area contributed by atoms with Crippen LogP contribution >= 0.6 is 0 Å². The van der Waals surface area contributed by atoms with Crippen LogP contribution in [0.3, 0.4) is 0 Å². The largest absolute Gasteiger partial charge is 0.435 e. The summed E-state index contributed by atoms with van der Waals surface area (Å²) in [6.07, 6.45) is 1.12. The van der Waals surface area contributed by atoms with E-state index in [2.05, 4.69) is 15.1 Å². The van der Waals surface area contributed by atoms with Crippen molar-refractivity contribution in [2.24, 2.45) is 13.0 Å². The maximum absolute atomic E-state index is 13.1. The van der Waals surface area contributed by atoms with Crippen LogP contribution in [0.4, 0.5) is 13.2 Å². The summed E-state index contributed by atoms with van der Waals surface area (Å²) in [5.41, 5.74) is 0.869. The van der Waals surface area contributed by atoms with E-state index < -0.39 is 17.8 Å². The predicted molar refractivity (Wildman–Crippen MR) is 103 cm³/mol. The van der Waals surface area contributed by atoms with E-state index in [1.807, 2.05) is 24.3 Å². The van der Waals surface area contributed by atoms with Crippen LogP contribution in [0.2, 0.25) is 0 Å². The normalized spacial score (nSPS) is 19.3. The summed E-state index contributed by atoms with van der Waals surface area (Å²) in [7, 11) is 1.88. The number of aromatic nitrogens is 4. The van der Waals surface area contributed by atoms with Gasteiger partial charge in [-0.25, -0.2) is 0 Å². The highest BCUT2D eigenvalue weighted by Gasteiger charge is 2.38. The number of halogens is 3. The van der Waals surface area contributed by atoms with E-state index in [1.54, 1.807) is 11.6 Å². The van der Waals surface area contributed by atoms with Crippen molar-refractivity contribution in [2.75, 3.05) is 26.2 Å². The highest BCUT2D eigenvalue weighted by molar-refractivity contribution is 5.78. The summed E-state index contributed by atoms with van der Waals surface area (Å²) in [4.78, 5) is 17.0. The second kappa shape index (κ2) is 8.05. The molecule has 1 atom stereocenters. The Bertz CT molecular complexity index is 893. The van der Waals surface area contributed by atoms with Gasteiger partial charge < -0.3 is 4.90 Å². The number of rotatable bonds is 6. The van der Waals surface area contributed by atoms with Crippen LogP contribution in [0.1, 0.15) is 42.6 Å². The van der Waals surface area contributed by atoms with Crippen molar-refractivity contribution in [1.29, 1.82) is 0 Å². The molecule has 0 radical (unpaired) electrons. The molecule has 0 aromatic carbocycles. The Kier molecular flexibility index (Phi) is 5.61. The molecule has 2 fully saturated rings. The molecule has 1 saturated carbocycles. The number of nitrogens with zero attached hydrogens (tertiary/aromatic N) is 6. The lowest BCUT2D eigenvalue weighted by Crippen LogP contribution is -2.50. The third-order valence-electron chi connectivity index (χ3n) is 5.81. The van der Waals surface area contributed by atoms with Gasteiger partial charge in [0.2, 0.25) is 5.91 Å². The van der Waals surface area contributed by atoms with Crippen molar-refractivity contribution < 1.29 is 18.0 Å². The first-order valence-corrected chi connectivity index (χ1v) is 10.3. The zero-order valence-corrected chi connectivity index (χ0v) is 17.3. The minimum atomic E-state index is -4.47. The van der Waals surface area contributed by atoms with Gasteiger partial charge in [0, 0.05) is 63.1 Å². The zero-order valence-electron chi connectivity index (χ0n) is 17.3. The fourth-order valence-corrected chi connectivity index (χ4v) is 4.01. The first-order valence-electron chi connectivity index (χ1n) is 10.3. The molecule has 30 heavy (non-hydrogen) atoms. The number of carbonyl (C=O) groups excluding carboxylic acids is 1. The van der Waals surface area contributed by atoms with Crippen molar-refractivity contribution in [1.82, 2.24) is 29.4 Å². The van der Waals surface area contributed by atoms with E-state index >= 15 is 0 Å². The monoisotopic (exact) mass is 424 g/mol. The molecule has 1 amide bonds. The van der Waals surface area contributed by atoms with E-state index in [-0.39, 0.29) is 18.4 Å². The predicted octanol–water partition coefficient (Wildman–Crippen LogP) is 2.49. The van der Waals surface area contributed by atoms with Crippen molar-refractivity contribution in [3.63, 3.8) is 0 Å². The molecule has 2 aromatic rings. The maximum Gasteiger partial charge on any atom is 0.435 e. The fourth-order valence-electron chi connectivity index (χ4n) is 4.01. The highest BCUT2D eigenvalue weighted by Crippen LogP contribution is 2.42. The van der Waals surface area contributed by atoms with E-state index in [1.165, 1.54) is 4.68 Å². The van der Waals surface area contributed by atoms with Crippen LogP contribution in [0.15, 0.2) is 18.5 Å². The fraction of sp³-hybridized carbons (Fsp3) is 0.650. The number of piperazine rings is 1. The average Bonchev–Trinajstić information content (AvgIpc) is 3.32.